The van der Waals surface area contributed by atoms with Gasteiger partial charge >= 0.3 is 12.6 Å². The SMILES string of the molecule is COC(=O)Cc1c(CCl)cc(OC(F)F)cc1[N+](=O)[O-]. The van der Waals surface area contributed by atoms with Crippen LogP contribution in [0.3, 0.4) is 0 Å². The van der Waals surface area contributed by atoms with E-state index in [-0.39, 0.29) is 23.4 Å². The molecule has 0 saturated carbocycles. The molecule has 0 amide bonds. The molecule has 0 aliphatic heterocycles. The average molecular weight is 310 g/mol. The third-order valence-electron chi connectivity index (χ3n) is 2.41. The van der Waals surface area contributed by atoms with Crippen LogP contribution in [0.1, 0.15) is 11.1 Å². The van der Waals surface area contributed by atoms with Crippen LogP contribution in [0, 0.1) is 10.1 Å². The van der Waals surface area contributed by atoms with Crippen LogP contribution in [0.25, 0.3) is 0 Å². The van der Waals surface area contributed by atoms with E-state index >= 15 is 0 Å². The number of carbonyl (C=O) groups excluding carboxylic acids is 1. The number of nitro groups is 1. The highest BCUT2D eigenvalue weighted by Crippen LogP contribution is 2.31. The highest BCUT2D eigenvalue weighted by molar-refractivity contribution is 6.17. The lowest BCUT2D eigenvalue weighted by molar-refractivity contribution is -0.385. The summed E-state index contributed by atoms with van der Waals surface area (Å²) >= 11 is 5.63. The van der Waals surface area contributed by atoms with Crippen molar-refractivity contribution < 1.29 is 28.0 Å². The van der Waals surface area contributed by atoms with Gasteiger partial charge in [-0.15, -0.1) is 11.6 Å². The van der Waals surface area contributed by atoms with Crippen molar-refractivity contribution in [2.24, 2.45) is 0 Å². The quantitative estimate of drug-likeness (QED) is 0.349. The highest BCUT2D eigenvalue weighted by atomic mass is 35.5. The van der Waals surface area contributed by atoms with Gasteiger partial charge < -0.3 is 9.47 Å². The molecule has 0 bridgehead atoms. The summed E-state index contributed by atoms with van der Waals surface area (Å²) in [5.74, 6) is -1.30. The molecule has 1 aromatic carbocycles. The molecule has 0 radical (unpaired) electrons. The minimum Gasteiger partial charge on any atom is -0.469 e. The Balaban J connectivity index is 3.32. The summed E-state index contributed by atoms with van der Waals surface area (Å²) in [5, 5.41) is 11.0. The van der Waals surface area contributed by atoms with E-state index in [1.807, 2.05) is 0 Å². The lowest BCUT2D eigenvalue weighted by Crippen LogP contribution is -2.10. The zero-order valence-electron chi connectivity index (χ0n) is 10.3. The minimum atomic E-state index is -3.12. The van der Waals surface area contributed by atoms with E-state index in [1.54, 1.807) is 0 Å². The predicted molar refractivity (Wildman–Crippen MR) is 65.0 cm³/mol. The molecule has 0 saturated heterocycles. The van der Waals surface area contributed by atoms with Crippen LogP contribution in [0.5, 0.6) is 5.75 Å². The summed E-state index contributed by atoms with van der Waals surface area (Å²) in [5.41, 5.74) is -0.357. The topological polar surface area (TPSA) is 78.7 Å². The number of methoxy groups -OCH3 is 1. The van der Waals surface area contributed by atoms with Crippen LogP contribution >= 0.6 is 11.6 Å². The van der Waals surface area contributed by atoms with E-state index in [9.17, 15) is 23.7 Å². The smallest absolute Gasteiger partial charge is 0.387 e. The molecule has 6 nitrogen and oxygen atoms in total. The molecule has 20 heavy (non-hydrogen) atoms. The van der Waals surface area contributed by atoms with Crippen LogP contribution in [-0.4, -0.2) is 24.6 Å². The Kier molecular flexibility index (Phi) is 5.63. The molecule has 0 heterocycles. The first-order chi connectivity index (χ1) is 9.38. The maximum absolute atomic E-state index is 12.2. The van der Waals surface area contributed by atoms with Crippen molar-refractivity contribution in [3.63, 3.8) is 0 Å². The minimum absolute atomic E-state index is 0.0125. The Morgan fingerprint density at radius 3 is 2.60 bits per heavy atom. The number of benzene rings is 1. The summed E-state index contributed by atoms with van der Waals surface area (Å²) in [6.07, 6.45) is -0.385. The zero-order valence-corrected chi connectivity index (χ0v) is 11.0. The number of nitrogens with zero attached hydrogens (tertiary/aromatic N) is 1. The maximum Gasteiger partial charge on any atom is 0.387 e. The Bertz CT molecular complexity index is 524. The van der Waals surface area contributed by atoms with E-state index in [4.69, 9.17) is 11.6 Å². The predicted octanol–water partition coefficient (Wildman–Crippen LogP) is 2.65. The average Bonchev–Trinajstić information content (AvgIpc) is 2.38. The van der Waals surface area contributed by atoms with Gasteiger partial charge in [0.15, 0.2) is 0 Å². The molecule has 1 aromatic rings. The lowest BCUT2D eigenvalue weighted by Gasteiger charge is -2.11. The monoisotopic (exact) mass is 309 g/mol. The number of alkyl halides is 3. The van der Waals surface area contributed by atoms with Crippen LogP contribution in [0.2, 0.25) is 0 Å². The van der Waals surface area contributed by atoms with Crippen molar-refractivity contribution >= 4 is 23.3 Å². The Hall–Kier alpha value is -1.96. The fraction of sp³-hybridized carbons (Fsp3) is 0.364. The fourth-order valence-electron chi connectivity index (χ4n) is 1.56. The van der Waals surface area contributed by atoms with Crippen molar-refractivity contribution in [3.05, 3.63) is 33.4 Å². The number of ether oxygens (including phenoxy) is 2. The molecule has 0 fully saturated rings. The summed E-state index contributed by atoms with van der Waals surface area (Å²) in [6, 6.07) is 1.95. The van der Waals surface area contributed by atoms with Crippen molar-refractivity contribution in [3.8, 4) is 5.75 Å². The molecule has 9 heteroatoms. The van der Waals surface area contributed by atoms with Crippen molar-refractivity contribution in [2.45, 2.75) is 18.9 Å². The van der Waals surface area contributed by atoms with E-state index in [1.165, 1.54) is 0 Å². The van der Waals surface area contributed by atoms with Gasteiger partial charge in [0.25, 0.3) is 5.69 Å². The second-order valence-corrected chi connectivity index (χ2v) is 3.87. The van der Waals surface area contributed by atoms with Crippen LogP contribution in [0.4, 0.5) is 14.5 Å². The van der Waals surface area contributed by atoms with Gasteiger partial charge in [0.05, 0.1) is 24.5 Å². The standard InChI is InChI=1S/C11H10ClF2NO5/c1-19-10(16)4-8-6(5-12)2-7(20-11(13)14)3-9(8)15(17)18/h2-3,11H,4-5H2,1H3. The van der Waals surface area contributed by atoms with E-state index in [2.05, 4.69) is 9.47 Å². The third kappa shape index (κ3) is 4.02. The first-order valence-electron chi connectivity index (χ1n) is 5.26. The first kappa shape index (κ1) is 16.1. The summed E-state index contributed by atoms with van der Waals surface area (Å²) in [4.78, 5) is 21.4. The second kappa shape index (κ2) is 6.99. The number of carbonyl (C=O) groups is 1. The number of nitro benzene ring substituents is 1. The molecule has 110 valence electrons. The number of rotatable bonds is 6. The summed E-state index contributed by atoms with van der Waals surface area (Å²) in [7, 11) is 1.13. The molecule has 0 aliphatic rings. The molecular formula is C11H10ClF2NO5. The van der Waals surface area contributed by atoms with Gasteiger partial charge in [-0.2, -0.15) is 8.78 Å². The summed E-state index contributed by atoms with van der Waals surface area (Å²) in [6.45, 7) is -3.12. The molecule has 0 atom stereocenters. The largest absolute Gasteiger partial charge is 0.469 e. The molecule has 0 spiro atoms. The van der Waals surface area contributed by atoms with Crippen LogP contribution < -0.4 is 4.74 Å². The van der Waals surface area contributed by atoms with Crippen molar-refractivity contribution in [2.75, 3.05) is 7.11 Å². The van der Waals surface area contributed by atoms with E-state index in [0.29, 0.717) is 0 Å². The van der Waals surface area contributed by atoms with Gasteiger partial charge in [0.1, 0.15) is 5.75 Å². The Labute approximate surface area is 117 Å². The van der Waals surface area contributed by atoms with Crippen LogP contribution in [-0.2, 0) is 21.8 Å². The molecular weight excluding hydrogens is 300 g/mol. The van der Waals surface area contributed by atoms with Crippen molar-refractivity contribution in [1.29, 1.82) is 0 Å². The number of halogens is 3. The van der Waals surface area contributed by atoms with E-state index < -0.39 is 28.9 Å². The van der Waals surface area contributed by atoms with Gasteiger partial charge in [0, 0.05) is 11.4 Å². The highest BCUT2D eigenvalue weighted by Gasteiger charge is 2.23. The molecule has 0 N–H and O–H groups in total. The lowest BCUT2D eigenvalue weighted by atomic mass is 10.0. The Morgan fingerprint density at radius 2 is 2.15 bits per heavy atom. The molecule has 1 rings (SSSR count). The number of hydrogen-bond acceptors (Lipinski definition) is 5. The van der Waals surface area contributed by atoms with Gasteiger partial charge in [0.2, 0.25) is 0 Å². The molecule has 0 unspecified atom stereocenters. The van der Waals surface area contributed by atoms with Gasteiger partial charge in [-0.25, -0.2) is 0 Å². The van der Waals surface area contributed by atoms with Crippen LogP contribution in [0.15, 0.2) is 12.1 Å². The maximum atomic E-state index is 12.2. The Morgan fingerprint density at radius 1 is 1.50 bits per heavy atom. The summed E-state index contributed by atoms with van der Waals surface area (Å²) < 4.78 is 32.9. The second-order valence-electron chi connectivity index (χ2n) is 3.60. The molecule has 0 aromatic heterocycles. The third-order valence-corrected chi connectivity index (χ3v) is 2.69. The van der Waals surface area contributed by atoms with Gasteiger partial charge in [-0.05, 0) is 11.6 Å². The fourth-order valence-corrected chi connectivity index (χ4v) is 1.80. The molecule has 0 aliphatic carbocycles. The first-order valence-corrected chi connectivity index (χ1v) is 5.80. The van der Waals surface area contributed by atoms with E-state index in [0.717, 1.165) is 19.2 Å². The van der Waals surface area contributed by atoms with Gasteiger partial charge in [-0.1, -0.05) is 0 Å². The normalized spacial score (nSPS) is 10.4. The van der Waals surface area contributed by atoms with Crippen molar-refractivity contribution in [1.82, 2.24) is 0 Å². The number of hydrogen-bond donors (Lipinski definition) is 0. The zero-order chi connectivity index (χ0) is 15.3. The number of esters is 1. The van der Waals surface area contributed by atoms with Gasteiger partial charge in [-0.3, -0.25) is 14.9 Å².